The fraction of sp³-hybridized carbons (Fsp3) is 0.684. The van der Waals surface area contributed by atoms with Gasteiger partial charge in [0.25, 0.3) is 0 Å². The van der Waals surface area contributed by atoms with E-state index in [1.165, 1.54) is 5.56 Å². The molecule has 2 heterocycles. The molecule has 1 aromatic rings. The lowest BCUT2D eigenvalue weighted by atomic mass is 9.89. The summed E-state index contributed by atoms with van der Waals surface area (Å²) >= 11 is 0. The number of carbonyl (C=O) groups excluding carboxylic acids is 4. The number of likely N-dealkylation sites (N-methyl/N-ethyl adjacent to an activating group) is 1. The molecule has 2 saturated heterocycles. The zero-order valence-electron chi connectivity index (χ0n) is 30.0. The molecule has 4 rings (SSSR count). The van der Waals surface area contributed by atoms with Gasteiger partial charge in [0.2, 0.25) is 17.7 Å². The second kappa shape index (κ2) is 16.3. The van der Waals surface area contributed by atoms with Gasteiger partial charge in [0.05, 0.1) is 12.1 Å². The van der Waals surface area contributed by atoms with E-state index in [0.29, 0.717) is 18.5 Å². The van der Waals surface area contributed by atoms with Crippen molar-refractivity contribution in [3.63, 3.8) is 0 Å². The van der Waals surface area contributed by atoms with Gasteiger partial charge in [-0.15, -0.1) is 0 Å². The number of nitrogens with one attached hydrogen (secondary N) is 1. The number of hydrogen-bond donors (Lipinski definition) is 1. The molecule has 0 saturated carbocycles. The van der Waals surface area contributed by atoms with Gasteiger partial charge in [0.15, 0.2) is 0 Å². The molecule has 0 spiro atoms. The number of ether oxygens (including phenoxy) is 1. The van der Waals surface area contributed by atoms with E-state index in [1.54, 1.807) is 23.8 Å². The highest BCUT2D eigenvalue weighted by Gasteiger charge is 2.39. The maximum atomic E-state index is 14.0. The Balaban J connectivity index is 1.45. The van der Waals surface area contributed by atoms with Crippen LogP contribution in [0.4, 0.5) is 0 Å². The minimum atomic E-state index is -0.684. The predicted molar refractivity (Wildman–Crippen MR) is 184 cm³/mol. The molecule has 1 aliphatic carbocycles. The van der Waals surface area contributed by atoms with E-state index >= 15 is 0 Å². The molecular weight excluding hydrogens is 592 g/mol. The normalized spacial score (nSPS) is 23.4. The number of piperidine rings is 1. The van der Waals surface area contributed by atoms with Gasteiger partial charge in [0, 0.05) is 25.2 Å². The van der Waals surface area contributed by atoms with Gasteiger partial charge in [-0.3, -0.25) is 19.3 Å². The third-order valence-corrected chi connectivity index (χ3v) is 10.3. The fourth-order valence-electron chi connectivity index (χ4n) is 7.59. The zero-order chi connectivity index (χ0) is 34.4. The van der Waals surface area contributed by atoms with E-state index in [4.69, 9.17) is 4.74 Å². The summed E-state index contributed by atoms with van der Waals surface area (Å²) in [4.78, 5) is 60.4. The quantitative estimate of drug-likeness (QED) is 0.253. The molecular formula is C38H58N4O5. The first-order chi connectivity index (χ1) is 22.3. The minimum absolute atomic E-state index is 0.00991. The Hall–Kier alpha value is -3.20. The average molecular weight is 651 g/mol. The van der Waals surface area contributed by atoms with Gasteiger partial charge in [-0.05, 0) is 95.2 Å². The second-order valence-corrected chi connectivity index (χ2v) is 14.8. The smallest absolute Gasteiger partial charge is 0.329 e. The molecule has 1 N–H and O–H groups in total. The highest BCUT2D eigenvalue weighted by molar-refractivity contribution is 5.96. The second-order valence-electron chi connectivity index (χ2n) is 14.8. The molecule has 0 radical (unpaired) electrons. The van der Waals surface area contributed by atoms with Crippen LogP contribution >= 0.6 is 0 Å². The number of hydrogen-bond acceptors (Lipinski definition) is 6. The SMILES string of the molecule is CC(=C[C@H](C(C)C)N(C)C(=O)[C@@H](NC(=O)[C@H]1CCCCN1C(C)C)C(C)C)C(=O)N1CCC[C@H]1C(=O)OC1CCCc2ccccc21. The standard InChI is InChI=1S/C38H58N4O5/c1-24(2)32(40(8)37(45)34(25(3)4)39-35(43)30-18-11-12-21-41(30)26(5)6)23-27(7)36(44)42-22-14-19-31(42)38(46)47-33-20-13-16-28-15-9-10-17-29(28)33/h9-10,15,17,23-26,30-34H,11-14,16,18-22H2,1-8H3,(H,39,43)/t30-,31+,32-,33?,34+/m1/s1. The van der Waals surface area contributed by atoms with Crippen LogP contribution in [0.15, 0.2) is 35.9 Å². The fourth-order valence-corrected chi connectivity index (χ4v) is 7.59. The summed E-state index contributed by atoms with van der Waals surface area (Å²) in [5.74, 6) is -0.925. The van der Waals surface area contributed by atoms with E-state index in [1.807, 2.05) is 52.0 Å². The van der Waals surface area contributed by atoms with Crippen molar-refractivity contribution in [3.8, 4) is 0 Å². The van der Waals surface area contributed by atoms with E-state index < -0.39 is 12.1 Å². The van der Waals surface area contributed by atoms with Crippen LogP contribution in [0.5, 0.6) is 0 Å². The Morgan fingerprint density at radius 3 is 2.28 bits per heavy atom. The first kappa shape index (κ1) is 36.6. The number of rotatable bonds is 11. The van der Waals surface area contributed by atoms with Gasteiger partial charge < -0.3 is 19.9 Å². The lowest BCUT2D eigenvalue weighted by Gasteiger charge is -2.39. The number of benzene rings is 1. The van der Waals surface area contributed by atoms with Crippen molar-refractivity contribution < 1.29 is 23.9 Å². The molecule has 260 valence electrons. The molecule has 9 heteroatoms. The van der Waals surface area contributed by atoms with Crippen molar-refractivity contribution in [1.82, 2.24) is 20.0 Å². The average Bonchev–Trinajstić information content (AvgIpc) is 3.55. The Bertz CT molecular complexity index is 1310. The molecule has 3 amide bonds. The summed E-state index contributed by atoms with van der Waals surface area (Å²) in [5.41, 5.74) is 2.78. The molecule has 1 unspecified atom stereocenters. The van der Waals surface area contributed by atoms with Crippen LogP contribution in [0.2, 0.25) is 0 Å². The Morgan fingerprint density at radius 1 is 0.894 bits per heavy atom. The number of fused-ring (bicyclic) bond motifs is 1. The van der Waals surface area contributed by atoms with Gasteiger partial charge in [-0.1, -0.05) is 64.5 Å². The molecule has 5 atom stereocenters. The van der Waals surface area contributed by atoms with Crippen molar-refractivity contribution in [2.45, 2.75) is 136 Å². The highest BCUT2D eigenvalue weighted by atomic mass is 16.5. The summed E-state index contributed by atoms with van der Waals surface area (Å²) in [6.45, 7) is 15.3. The Labute approximate surface area is 282 Å². The van der Waals surface area contributed by atoms with Crippen molar-refractivity contribution in [2.75, 3.05) is 20.1 Å². The maximum Gasteiger partial charge on any atom is 0.329 e. The number of nitrogens with zero attached hydrogens (tertiary/aromatic N) is 3. The first-order valence-electron chi connectivity index (χ1n) is 17.9. The minimum Gasteiger partial charge on any atom is -0.456 e. The van der Waals surface area contributed by atoms with Crippen LogP contribution in [0.25, 0.3) is 0 Å². The molecule has 2 fully saturated rings. The highest BCUT2D eigenvalue weighted by Crippen LogP contribution is 2.34. The Morgan fingerprint density at radius 2 is 1.60 bits per heavy atom. The number of esters is 1. The lowest BCUT2D eigenvalue weighted by Crippen LogP contribution is -2.58. The van der Waals surface area contributed by atoms with Crippen LogP contribution < -0.4 is 5.32 Å². The van der Waals surface area contributed by atoms with Gasteiger partial charge in [0.1, 0.15) is 18.2 Å². The largest absolute Gasteiger partial charge is 0.456 e. The molecule has 0 bridgehead atoms. The third-order valence-electron chi connectivity index (χ3n) is 10.3. The van der Waals surface area contributed by atoms with Gasteiger partial charge >= 0.3 is 5.97 Å². The summed E-state index contributed by atoms with van der Waals surface area (Å²) in [6.07, 6.45) is 8.47. The molecule has 3 aliphatic rings. The number of aryl methyl sites for hydroxylation is 1. The molecule has 47 heavy (non-hydrogen) atoms. The van der Waals surface area contributed by atoms with Crippen molar-refractivity contribution in [2.24, 2.45) is 11.8 Å². The number of carbonyl (C=O) groups is 4. The topological polar surface area (TPSA) is 99.3 Å². The predicted octanol–water partition coefficient (Wildman–Crippen LogP) is 5.43. The first-order valence-corrected chi connectivity index (χ1v) is 17.9. The molecule has 9 nitrogen and oxygen atoms in total. The molecule has 2 aliphatic heterocycles. The maximum absolute atomic E-state index is 14.0. The van der Waals surface area contributed by atoms with E-state index in [-0.39, 0.29) is 59.8 Å². The van der Waals surface area contributed by atoms with Gasteiger partial charge in [-0.2, -0.15) is 0 Å². The Kier molecular flexibility index (Phi) is 12.7. The summed E-state index contributed by atoms with van der Waals surface area (Å²) in [6, 6.07) is 6.45. The summed E-state index contributed by atoms with van der Waals surface area (Å²) in [5, 5.41) is 3.11. The molecule has 1 aromatic carbocycles. The van der Waals surface area contributed by atoms with Crippen molar-refractivity contribution in [3.05, 3.63) is 47.0 Å². The lowest BCUT2D eigenvalue weighted by molar-refractivity contribution is -0.158. The number of likely N-dealkylation sites (tertiary alicyclic amines) is 2. The van der Waals surface area contributed by atoms with Crippen LogP contribution in [-0.4, -0.2) is 88.7 Å². The third kappa shape index (κ3) is 8.64. The van der Waals surface area contributed by atoms with Crippen LogP contribution in [-0.2, 0) is 30.3 Å². The van der Waals surface area contributed by atoms with Crippen LogP contribution in [0.1, 0.15) is 111 Å². The summed E-state index contributed by atoms with van der Waals surface area (Å²) in [7, 11) is 1.75. The monoisotopic (exact) mass is 650 g/mol. The van der Waals surface area contributed by atoms with E-state index in [9.17, 15) is 19.2 Å². The van der Waals surface area contributed by atoms with Crippen molar-refractivity contribution in [1.29, 1.82) is 0 Å². The van der Waals surface area contributed by atoms with E-state index in [2.05, 4.69) is 30.1 Å². The zero-order valence-corrected chi connectivity index (χ0v) is 30.0. The van der Waals surface area contributed by atoms with Crippen molar-refractivity contribution >= 4 is 23.7 Å². The van der Waals surface area contributed by atoms with E-state index in [0.717, 1.165) is 57.1 Å². The number of amides is 3. The summed E-state index contributed by atoms with van der Waals surface area (Å²) < 4.78 is 6.05. The van der Waals surface area contributed by atoms with Gasteiger partial charge in [-0.25, -0.2) is 4.79 Å². The van der Waals surface area contributed by atoms with Crippen LogP contribution in [0.3, 0.4) is 0 Å². The van der Waals surface area contributed by atoms with Crippen LogP contribution in [0, 0.1) is 11.8 Å². The molecule has 0 aromatic heterocycles.